The van der Waals surface area contributed by atoms with Gasteiger partial charge in [0.15, 0.2) is 0 Å². The molecule has 0 radical (unpaired) electrons. The Bertz CT molecular complexity index is 544. The number of halogens is 2. The minimum Gasteiger partial charge on any atom is -0.206 e. The molecule has 3 nitrogen and oxygen atoms in total. The zero-order chi connectivity index (χ0) is 12.9. The van der Waals surface area contributed by atoms with Crippen LogP contribution in [-0.2, 0) is 10.0 Å². The minimum absolute atomic E-state index is 0.218. The first-order valence-electron chi connectivity index (χ1n) is 5.95. The van der Waals surface area contributed by atoms with E-state index in [1.807, 2.05) is 0 Å². The highest BCUT2D eigenvalue weighted by molar-refractivity contribution is 9.11. The third-order valence-electron chi connectivity index (χ3n) is 3.27. The number of sulfonamides is 1. The number of hydrogen-bond donors (Lipinski definition) is 0. The van der Waals surface area contributed by atoms with Gasteiger partial charge in [-0.1, -0.05) is 11.6 Å². The third kappa shape index (κ3) is 2.63. The van der Waals surface area contributed by atoms with Gasteiger partial charge >= 0.3 is 0 Å². The lowest BCUT2D eigenvalue weighted by atomic mass is 10.4. The van der Waals surface area contributed by atoms with Crippen LogP contribution in [0.25, 0.3) is 0 Å². The summed E-state index contributed by atoms with van der Waals surface area (Å²) in [4.78, 5) is 0. The Labute approximate surface area is 124 Å². The van der Waals surface area contributed by atoms with E-state index in [9.17, 15) is 8.42 Å². The van der Waals surface area contributed by atoms with Crippen molar-refractivity contribution in [1.82, 2.24) is 4.31 Å². The van der Waals surface area contributed by atoms with Crippen LogP contribution in [0.4, 0.5) is 0 Å². The van der Waals surface area contributed by atoms with E-state index < -0.39 is 10.0 Å². The summed E-state index contributed by atoms with van der Waals surface area (Å²) in [7, 11) is -3.36. The van der Waals surface area contributed by atoms with Gasteiger partial charge in [-0.3, -0.25) is 0 Å². The average Bonchev–Trinajstić information content (AvgIpc) is 3.18. The fourth-order valence-corrected chi connectivity index (χ4v) is 6.22. The monoisotopic (exact) mass is 369 g/mol. The van der Waals surface area contributed by atoms with E-state index >= 15 is 0 Å². The molecule has 1 heterocycles. The Morgan fingerprint density at radius 3 is 2.50 bits per heavy atom. The van der Waals surface area contributed by atoms with Gasteiger partial charge in [-0.05, 0) is 53.6 Å². The van der Waals surface area contributed by atoms with Crippen LogP contribution in [0, 0.1) is 5.92 Å². The van der Waals surface area contributed by atoms with Crippen molar-refractivity contribution in [2.75, 3.05) is 6.54 Å². The molecule has 0 aliphatic heterocycles. The summed E-state index contributed by atoms with van der Waals surface area (Å²) >= 11 is 10.4. The van der Waals surface area contributed by atoms with Gasteiger partial charge in [0.1, 0.15) is 4.21 Å². The second-order valence-corrected chi connectivity index (χ2v) is 9.83. The first kappa shape index (κ1) is 13.4. The lowest BCUT2D eigenvalue weighted by Crippen LogP contribution is -2.34. The van der Waals surface area contributed by atoms with Crippen molar-refractivity contribution in [2.45, 2.75) is 35.9 Å². The van der Waals surface area contributed by atoms with Crippen LogP contribution in [-0.4, -0.2) is 25.3 Å². The standard InChI is InChI=1S/C11H13BrClNO2S2/c12-11-9(13)5-10(17-11)18(15,16)14(8-3-4-8)6-7-1-2-7/h5,7-8H,1-4,6H2. The van der Waals surface area contributed by atoms with Crippen LogP contribution in [0.3, 0.4) is 0 Å². The van der Waals surface area contributed by atoms with E-state index in [4.69, 9.17) is 11.6 Å². The van der Waals surface area contributed by atoms with Crippen molar-refractivity contribution in [3.8, 4) is 0 Å². The SMILES string of the molecule is O=S(=O)(c1cc(Cl)c(Br)s1)N(CC1CC1)C1CC1. The summed E-state index contributed by atoms with van der Waals surface area (Å²) in [5, 5.41) is 0.473. The highest BCUT2D eigenvalue weighted by atomic mass is 79.9. The molecule has 100 valence electrons. The second kappa shape index (κ2) is 4.74. The van der Waals surface area contributed by atoms with Gasteiger partial charge in [-0.25, -0.2) is 8.42 Å². The molecule has 2 saturated carbocycles. The van der Waals surface area contributed by atoms with Crippen molar-refractivity contribution in [3.63, 3.8) is 0 Å². The molecule has 2 fully saturated rings. The molecule has 0 unspecified atom stereocenters. The molecule has 2 aliphatic rings. The van der Waals surface area contributed by atoms with Crippen LogP contribution in [0.1, 0.15) is 25.7 Å². The average molecular weight is 371 g/mol. The molecule has 0 N–H and O–H groups in total. The molecular weight excluding hydrogens is 358 g/mol. The van der Waals surface area contributed by atoms with E-state index in [0.717, 1.165) is 25.7 Å². The Morgan fingerprint density at radius 2 is 2.06 bits per heavy atom. The molecule has 0 aromatic carbocycles. The smallest absolute Gasteiger partial charge is 0.206 e. The predicted octanol–water partition coefficient (Wildman–Crippen LogP) is 3.73. The molecule has 7 heteroatoms. The summed E-state index contributed by atoms with van der Waals surface area (Å²) in [6.45, 7) is 0.681. The molecular formula is C11H13BrClNO2S2. The zero-order valence-electron chi connectivity index (χ0n) is 9.60. The molecule has 1 aromatic heterocycles. The van der Waals surface area contributed by atoms with Gasteiger partial charge in [0, 0.05) is 12.6 Å². The Morgan fingerprint density at radius 1 is 1.39 bits per heavy atom. The highest BCUT2D eigenvalue weighted by Gasteiger charge is 2.41. The molecule has 0 atom stereocenters. The van der Waals surface area contributed by atoms with E-state index in [1.165, 1.54) is 11.3 Å². The van der Waals surface area contributed by atoms with E-state index in [2.05, 4.69) is 15.9 Å². The molecule has 0 spiro atoms. The first-order chi connectivity index (χ1) is 8.48. The zero-order valence-corrected chi connectivity index (χ0v) is 13.6. The van der Waals surface area contributed by atoms with Crippen molar-refractivity contribution in [2.24, 2.45) is 5.92 Å². The Kier molecular flexibility index (Phi) is 3.52. The van der Waals surface area contributed by atoms with E-state index in [-0.39, 0.29) is 6.04 Å². The Hall–Kier alpha value is 0.380. The maximum atomic E-state index is 12.6. The topological polar surface area (TPSA) is 37.4 Å². The van der Waals surface area contributed by atoms with Crippen LogP contribution >= 0.6 is 38.9 Å². The maximum Gasteiger partial charge on any atom is 0.252 e. The molecule has 0 amide bonds. The molecule has 2 aliphatic carbocycles. The summed E-state index contributed by atoms with van der Waals surface area (Å²) in [6, 6.07) is 1.77. The van der Waals surface area contributed by atoms with Gasteiger partial charge in [0.2, 0.25) is 0 Å². The van der Waals surface area contributed by atoms with Crippen molar-refractivity contribution in [3.05, 3.63) is 14.9 Å². The summed E-state index contributed by atoms with van der Waals surface area (Å²) < 4.78 is 27.9. The fourth-order valence-electron chi connectivity index (χ4n) is 1.93. The maximum absolute atomic E-state index is 12.6. The van der Waals surface area contributed by atoms with Crippen molar-refractivity contribution < 1.29 is 8.42 Å². The van der Waals surface area contributed by atoms with Crippen LogP contribution in [0.2, 0.25) is 5.02 Å². The van der Waals surface area contributed by atoms with Gasteiger partial charge in [0.25, 0.3) is 10.0 Å². The third-order valence-corrected chi connectivity index (χ3v) is 8.12. The number of rotatable bonds is 5. The second-order valence-electron chi connectivity index (χ2n) is 4.94. The van der Waals surface area contributed by atoms with Gasteiger partial charge < -0.3 is 0 Å². The largest absolute Gasteiger partial charge is 0.252 e. The molecule has 1 aromatic rings. The number of hydrogen-bond acceptors (Lipinski definition) is 3. The molecule has 3 rings (SSSR count). The summed E-state index contributed by atoms with van der Waals surface area (Å²) in [5.41, 5.74) is 0. The van der Waals surface area contributed by atoms with Gasteiger partial charge in [-0.2, -0.15) is 4.31 Å². The molecule has 0 saturated heterocycles. The summed E-state index contributed by atoms with van der Waals surface area (Å²) in [6.07, 6.45) is 4.31. The quantitative estimate of drug-likeness (QED) is 0.792. The highest BCUT2D eigenvalue weighted by Crippen LogP contribution is 2.41. The fraction of sp³-hybridized carbons (Fsp3) is 0.636. The predicted molar refractivity (Wildman–Crippen MR) is 76.7 cm³/mol. The van der Waals surface area contributed by atoms with E-state index in [1.54, 1.807) is 10.4 Å². The summed E-state index contributed by atoms with van der Waals surface area (Å²) in [5.74, 6) is 0.569. The van der Waals surface area contributed by atoms with Gasteiger partial charge in [0.05, 0.1) is 8.81 Å². The van der Waals surface area contributed by atoms with Crippen LogP contribution < -0.4 is 0 Å². The van der Waals surface area contributed by atoms with Crippen LogP contribution in [0.5, 0.6) is 0 Å². The van der Waals surface area contributed by atoms with Gasteiger partial charge in [-0.15, -0.1) is 11.3 Å². The molecule has 0 bridgehead atoms. The van der Waals surface area contributed by atoms with Crippen LogP contribution in [0.15, 0.2) is 14.1 Å². The lowest BCUT2D eigenvalue weighted by Gasteiger charge is -2.20. The number of nitrogens with zero attached hydrogens (tertiary/aromatic N) is 1. The lowest BCUT2D eigenvalue weighted by molar-refractivity contribution is 0.390. The Balaban J connectivity index is 1.90. The normalized spacial score (nSPS) is 20.6. The molecule has 18 heavy (non-hydrogen) atoms. The van der Waals surface area contributed by atoms with Crippen molar-refractivity contribution in [1.29, 1.82) is 0 Å². The van der Waals surface area contributed by atoms with E-state index in [0.29, 0.717) is 25.5 Å². The number of thiophene rings is 1. The first-order valence-corrected chi connectivity index (χ1v) is 9.38. The minimum atomic E-state index is -3.36. The van der Waals surface area contributed by atoms with Crippen molar-refractivity contribution >= 4 is 48.9 Å².